The lowest BCUT2D eigenvalue weighted by Gasteiger charge is -2.30. The Bertz CT molecular complexity index is 481. The molecule has 0 saturated carbocycles. The van der Waals surface area contributed by atoms with E-state index in [-0.39, 0.29) is 0 Å². The van der Waals surface area contributed by atoms with Crippen molar-refractivity contribution in [3.63, 3.8) is 0 Å². The number of ether oxygens (including phenoxy) is 1. The zero-order valence-electron chi connectivity index (χ0n) is 13.7. The quantitative estimate of drug-likeness (QED) is 0.552. The molecule has 5 heteroatoms. The van der Waals surface area contributed by atoms with Crippen molar-refractivity contribution < 1.29 is 9.64 Å². The Morgan fingerprint density at radius 2 is 2.27 bits per heavy atom. The van der Waals surface area contributed by atoms with Gasteiger partial charge in [0.1, 0.15) is 5.75 Å². The minimum atomic E-state index is 0.676. The van der Waals surface area contributed by atoms with E-state index in [9.17, 15) is 0 Å². The van der Waals surface area contributed by atoms with E-state index < -0.39 is 0 Å². The van der Waals surface area contributed by atoms with E-state index in [2.05, 4.69) is 17.6 Å². The second kappa shape index (κ2) is 8.96. The van der Waals surface area contributed by atoms with Crippen LogP contribution >= 0.6 is 12.2 Å². The molecule has 1 aromatic rings. The molecule has 2 rings (SSSR count). The molecule has 1 fully saturated rings. The predicted molar refractivity (Wildman–Crippen MR) is 95.8 cm³/mol. The number of quaternary nitrogens is 1. The molecule has 0 spiro atoms. The van der Waals surface area contributed by atoms with Gasteiger partial charge in [-0.1, -0.05) is 6.07 Å². The van der Waals surface area contributed by atoms with Gasteiger partial charge in [-0.05, 0) is 50.5 Å². The molecule has 1 aliphatic heterocycles. The van der Waals surface area contributed by atoms with Crippen LogP contribution in [-0.2, 0) is 0 Å². The first-order valence-corrected chi connectivity index (χ1v) is 8.63. The molecule has 22 heavy (non-hydrogen) atoms. The van der Waals surface area contributed by atoms with Crippen molar-refractivity contribution in [3.8, 4) is 5.75 Å². The van der Waals surface area contributed by atoms with Crippen molar-refractivity contribution in [2.45, 2.75) is 38.6 Å². The summed E-state index contributed by atoms with van der Waals surface area (Å²) in [7, 11) is 1.67. The number of nitrogens with one attached hydrogen (secondary N) is 3. The smallest absolute Gasteiger partial charge is 0.170 e. The van der Waals surface area contributed by atoms with Gasteiger partial charge in [0.2, 0.25) is 0 Å². The number of thiocarbonyl (C=S) groups is 1. The fourth-order valence-corrected chi connectivity index (χ4v) is 3.24. The fourth-order valence-electron chi connectivity index (χ4n) is 3.02. The van der Waals surface area contributed by atoms with Gasteiger partial charge in [0.05, 0.1) is 26.2 Å². The molecule has 0 aliphatic carbocycles. The summed E-state index contributed by atoms with van der Waals surface area (Å²) in [5, 5.41) is 7.16. The van der Waals surface area contributed by atoms with Crippen molar-refractivity contribution in [1.29, 1.82) is 0 Å². The van der Waals surface area contributed by atoms with E-state index in [1.165, 1.54) is 32.4 Å². The number of likely N-dealkylation sites (tertiary alicyclic amines) is 1. The highest BCUT2D eigenvalue weighted by Crippen LogP contribution is 2.16. The molecule has 1 saturated heterocycles. The summed E-state index contributed by atoms with van der Waals surface area (Å²) in [6.45, 7) is 5.85. The summed E-state index contributed by atoms with van der Waals surface area (Å²) >= 11 is 5.34. The highest BCUT2D eigenvalue weighted by molar-refractivity contribution is 7.80. The Hall–Kier alpha value is -1.33. The van der Waals surface area contributed by atoms with Gasteiger partial charge in [-0.3, -0.25) is 0 Å². The zero-order valence-corrected chi connectivity index (χ0v) is 14.5. The number of benzene rings is 1. The lowest BCUT2D eigenvalue weighted by Crippen LogP contribution is -3.16. The molecule has 1 aliphatic rings. The molecule has 4 nitrogen and oxygen atoms in total. The van der Waals surface area contributed by atoms with Gasteiger partial charge < -0.3 is 20.3 Å². The van der Waals surface area contributed by atoms with Gasteiger partial charge in [0.15, 0.2) is 5.11 Å². The zero-order chi connectivity index (χ0) is 15.8. The minimum absolute atomic E-state index is 0.676. The molecular formula is C17H28N3OS+. The number of rotatable bonds is 6. The SMILES string of the molecule is COc1cccc(NC(=S)NCCC[NH+]2CCCC[C@@H]2C)c1. The van der Waals surface area contributed by atoms with Crippen LogP contribution in [0.5, 0.6) is 5.75 Å². The van der Waals surface area contributed by atoms with Crippen molar-refractivity contribution in [3.05, 3.63) is 24.3 Å². The monoisotopic (exact) mass is 322 g/mol. The molecular weight excluding hydrogens is 294 g/mol. The first-order valence-electron chi connectivity index (χ1n) is 8.22. The number of hydrogen-bond acceptors (Lipinski definition) is 2. The van der Waals surface area contributed by atoms with Crippen LogP contribution in [0.25, 0.3) is 0 Å². The highest BCUT2D eigenvalue weighted by atomic mass is 32.1. The molecule has 2 atom stereocenters. The minimum Gasteiger partial charge on any atom is -0.497 e. The molecule has 1 heterocycles. The second-order valence-electron chi connectivity index (χ2n) is 6.02. The van der Waals surface area contributed by atoms with Crippen LogP contribution in [0.4, 0.5) is 5.69 Å². The molecule has 3 N–H and O–H groups in total. The van der Waals surface area contributed by atoms with Crippen LogP contribution in [-0.4, -0.2) is 37.9 Å². The summed E-state index contributed by atoms with van der Waals surface area (Å²) < 4.78 is 5.21. The van der Waals surface area contributed by atoms with Gasteiger partial charge in [-0.2, -0.15) is 0 Å². The van der Waals surface area contributed by atoms with Crippen LogP contribution in [0.15, 0.2) is 24.3 Å². The van der Waals surface area contributed by atoms with Crippen LogP contribution in [0.2, 0.25) is 0 Å². The third kappa shape index (κ3) is 5.46. The van der Waals surface area contributed by atoms with Gasteiger partial charge in [-0.15, -0.1) is 0 Å². The van der Waals surface area contributed by atoms with E-state index in [0.717, 1.165) is 30.4 Å². The summed E-state index contributed by atoms with van der Waals surface area (Å²) in [4.78, 5) is 1.75. The second-order valence-corrected chi connectivity index (χ2v) is 6.43. The molecule has 0 radical (unpaired) electrons. The first-order chi connectivity index (χ1) is 10.7. The van der Waals surface area contributed by atoms with Crippen LogP contribution in [0.3, 0.4) is 0 Å². The third-order valence-corrected chi connectivity index (χ3v) is 4.62. The van der Waals surface area contributed by atoms with Gasteiger partial charge in [0.25, 0.3) is 0 Å². The fraction of sp³-hybridized carbons (Fsp3) is 0.588. The topological polar surface area (TPSA) is 37.7 Å². The number of hydrogen-bond donors (Lipinski definition) is 3. The molecule has 1 aromatic carbocycles. The van der Waals surface area contributed by atoms with Crippen molar-refractivity contribution in [1.82, 2.24) is 5.32 Å². The number of piperidine rings is 1. The van der Waals surface area contributed by atoms with Crippen molar-refractivity contribution in [2.24, 2.45) is 0 Å². The average Bonchev–Trinajstić information content (AvgIpc) is 2.53. The highest BCUT2D eigenvalue weighted by Gasteiger charge is 2.20. The first kappa shape index (κ1) is 17.0. The Balaban J connectivity index is 1.65. The lowest BCUT2D eigenvalue weighted by molar-refractivity contribution is -0.928. The Morgan fingerprint density at radius 1 is 1.41 bits per heavy atom. The van der Waals surface area contributed by atoms with E-state index in [4.69, 9.17) is 17.0 Å². The molecule has 0 aromatic heterocycles. The normalized spacial score (nSPS) is 21.2. The van der Waals surface area contributed by atoms with Crippen LogP contribution < -0.4 is 20.3 Å². The van der Waals surface area contributed by atoms with E-state index >= 15 is 0 Å². The van der Waals surface area contributed by atoms with Crippen molar-refractivity contribution >= 4 is 23.0 Å². The maximum Gasteiger partial charge on any atom is 0.170 e. The maximum atomic E-state index is 5.34. The molecule has 1 unspecified atom stereocenters. The third-order valence-electron chi connectivity index (χ3n) is 4.37. The standard InChI is InChI=1S/C17H27N3OS/c1-14-7-3-4-11-20(14)12-6-10-18-17(22)19-15-8-5-9-16(13-15)21-2/h5,8-9,13-14H,3-4,6-7,10-12H2,1-2H3,(H2,18,19,22)/p+1/t14-/m0/s1. The number of methoxy groups -OCH3 is 1. The van der Waals surface area contributed by atoms with Crippen molar-refractivity contribution in [2.75, 3.05) is 32.1 Å². The van der Waals surface area contributed by atoms with Gasteiger partial charge in [-0.25, -0.2) is 0 Å². The molecule has 122 valence electrons. The van der Waals surface area contributed by atoms with Gasteiger partial charge in [0, 0.05) is 24.7 Å². The van der Waals surface area contributed by atoms with Crippen LogP contribution in [0.1, 0.15) is 32.6 Å². The largest absolute Gasteiger partial charge is 0.497 e. The van der Waals surface area contributed by atoms with E-state index in [1.807, 2.05) is 24.3 Å². The number of anilines is 1. The Morgan fingerprint density at radius 3 is 3.05 bits per heavy atom. The Kier molecular flexibility index (Phi) is 6.93. The summed E-state index contributed by atoms with van der Waals surface area (Å²) in [5.74, 6) is 0.829. The summed E-state index contributed by atoms with van der Waals surface area (Å²) in [5.41, 5.74) is 0.951. The molecule has 0 bridgehead atoms. The Labute approximate surface area is 139 Å². The summed E-state index contributed by atoms with van der Waals surface area (Å²) in [6.07, 6.45) is 5.30. The maximum absolute atomic E-state index is 5.34. The summed E-state index contributed by atoms with van der Waals surface area (Å²) in [6, 6.07) is 8.61. The van der Waals surface area contributed by atoms with Crippen LogP contribution in [0, 0.1) is 0 Å². The van der Waals surface area contributed by atoms with Gasteiger partial charge >= 0.3 is 0 Å². The van der Waals surface area contributed by atoms with E-state index in [0.29, 0.717) is 5.11 Å². The van der Waals surface area contributed by atoms with E-state index in [1.54, 1.807) is 12.0 Å². The average molecular weight is 322 g/mol. The lowest BCUT2D eigenvalue weighted by atomic mass is 10.0. The molecule has 0 amide bonds. The predicted octanol–water partition coefficient (Wildman–Crippen LogP) is 1.83.